The highest BCUT2D eigenvalue weighted by Crippen LogP contribution is 2.26. The molecule has 1 N–H and O–H groups in total. The van der Waals surface area contributed by atoms with E-state index >= 15 is 0 Å². The molecular weight excluding hydrogens is 343 g/mol. The van der Waals surface area contributed by atoms with Crippen LogP contribution in [-0.4, -0.2) is 10.9 Å². The summed E-state index contributed by atoms with van der Waals surface area (Å²) in [4.78, 5) is 16.4. The lowest BCUT2D eigenvalue weighted by Crippen LogP contribution is -2.12. The maximum absolute atomic E-state index is 13.0. The Labute approximate surface area is 126 Å². The van der Waals surface area contributed by atoms with Crippen LogP contribution < -0.4 is 5.32 Å². The van der Waals surface area contributed by atoms with Gasteiger partial charge in [-0.15, -0.1) is 0 Å². The number of nitrogens with zero attached hydrogens (tertiary/aromatic N) is 1. The number of anilines is 1. The molecule has 20 heavy (non-hydrogen) atoms. The highest BCUT2D eigenvalue weighted by Gasteiger charge is 2.13. The van der Waals surface area contributed by atoms with Crippen LogP contribution in [0.5, 0.6) is 0 Å². The van der Waals surface area contributed by atoms with Crippen LogP contribution in [-0.2, 0) is 0 Å². The van der Waals surface area contributed by atoms with Gasteiger partial charge < -0.3 is 0 Å². The average molecular weight is 351 g/mol. The number of fused-ring (bicyclic) bond motifs is 1. The Morgan fingerprint density at radius 3 is 2.80 bits per heavy atom. The molecule has 6 heteroatoms. The van der Waals surface area contributed by atoms with Crippen molar-refractivity contribution in [2.75, 3.05) is 5.32 Å². The normalized spacial score (nSPS) is 10.7. The summed E-state index contributed by atoms with van der Waals surface area (Å²) >= 11 is 4.57. The van der Waals surface area contributed by atoms with Gasteiger partial charge in [-0.05, 0) is 46.3 Å². The van der Waals surface area contributed by atoms with Crippen molar-refractivity contribution >= 4 is 48.5 Å². The van der Waals surface area contributed by atoms with Crippen LogP contribution in [0, 0.1) is 5.82 Å². The highest BCUT2D eigenvalue weighted by molar-refractivity contribution is 9.10. The minimum atomic E-state index is -0.395. The maximum atomic E-state index is 13.0. The molecule has 0 fully saturated rings. The molecule has 3 aromatic rings. The number of nitrogens with one attached hydrogen (secondary N) is 1. The van der Waals surface area contributed by atoms with Crippen LogP contribution in [0.4, 0.5) is 9.52 Å². The first-order valence-electron chi connectivity index (χ1n) is 5.75. The third kappa shape index (κ3) is 2.57. The van der Waals surface area contributed by atoms with Crippen molar-refractivity contribution in [1.29, 1.82) is 0 Å². The van der Waals surface area contributed by atoms with E-state index in [0.717, 1.165) is 10.2 Å². The second-order valence-corrected chi connectivity index (χ2v) is 5.95. The summed E-state index contributed by atoms with van der Waals surface area (Å²) in [7, 11) is 0. The molecule has 0 bridgehead atoms. The molecule has 0 aliphatic carbocycles. The molecule has 0 unspecified atom stereocenters. The zero-order chi connectivity index (χ0) is 14.1. The molecular formula is C14H8BrFN2OS. The van der Waals surface area contributed by atoms with Crippen LogP contribution in [0.3, 0.4) is 0 Å². The fraction of sp³-hybridized carbons (Fsp3) is 0. The molecule has 100 valence electrons. The SMILES string of the molecule is O=C(Nc1nc2ccccc2s1)c1ccc(F)cc1Br. The number of amides is 1. The van der Waals surface area contributed by atoms with Crippen molar-refractivity contribution in [2.24, 2.45) is 0 Å². The number of hydrogen-bond donors (Lipinski definition) is 1. The van der Waals surface area contributed by atoms with Crippen molar-refractivity contribution in [3.63, 3.8) is 0 Å². The Bertz CT molecular complexity index is 770. The molecule has 1 amide bonds. The van der Waals surface area contributed by atoms with Gasteiger partial charge in [0.1, 0.15) is 5.82 Å². The largest absolute Gasteiger partial charge is 0.298 e. The summed E-state index contributed by atoms with van der Waals surface area (Å²) in [6.45, 7) is 0. The Morgan fingerprint density at radius 2 is 2.05 bits per heavy atom. The van der Waals surface area contributed by atoms with E-state index in [1.54, 1.807) is 0 Å². The quantitative estimate of drug-likeness (QED) is 0.741. The fourth-order valence-electron chi connectivity index (χ4n) is 1.76. The molecule has 0 atom stereocenters. The number of carbonyl (C=O) groups excluding carboxylic acids is 1. The number of aromatic nitrogens is 1. The molecule has 0 aliphatic heterocycles. The smallest absolute Gasteiger partial charge is 0.258 e. The summed E-state index contributed by atoms with van der Waals surface area (Å²) in [6.07, 6.45) is 0. The summed E-state index contributed by atoms with van der Waals surface area (Å²) < 4.78 is 14.4. The van der Waals surface area contributed by atoms with E-state index in [1.807, 2.05) is 24.3 Å². The molecule has 2 aromatic carbocycles. The lowest BCUT2D eigenvalue weighted by molar-refractivity contribution is 0.102. The molecule has 0 radical (unpaired) electrons. The minimum Gasteiger partial charge on any atom is -0.298 e. The van der Waals surface area contributed by atoms with E-state index in [1.165, 1.54) is 29.5 Å². The molecule has 3 nitrogen and oxygen atoms in total. The Morgan fingerprint density at radius 1 is 1.25 bits per heavy atom. The van der Waals surface area contributed by atoms with Gasteiger partial charge in [-0.3, -0.25) is 10.1 Å². The first-order valence-corrected chi connectivity index (χ1v) is 7.36. The Kier molecular flexibility index (Phi) is 3.50. The summed E-state index contributed by atoms with van der Waals surface area (Å²) in [5.74, 6) is -0.718. The second-order valence-electron chi connectivity index (χ2n) is 4.07. The summed E-state index contributed by atoms with van der Waals surface area (Å²) in [5.41, 5.74) is 1.21. The predicted molar refractivity (Wildman–Crippen MR) is 81.7 cm³/mol. The average Bonchev–Trinajstić information content (AvgIpc) is 2.80. The fourth-order valence-corrected chi connectivity index (χ4v) is 3.16. The van der Waals surface area contributed by atoms with Crippen LogP contribution in [0.15, 0.2) is 46.9 Å². The summed E-state index contributed by atoms with van der Waals surface area (Å²) in [6, 6.07) is 11.6. The van der Waals surface area contributed by atoms with Crippen molar-refractivity contribution in [2.45, 2.75) is 0 Å². The lowest BCUT2D eigenvalue weighted by Gasteiger charge is -2.03. The standard InChI is InChI=1S/C14H8BrFN2OS/c15-10-7-8(16)5-6-9(10)13(19)18-14-17-11-3-1-2-4-12(11)20-14/h1-7H,(H,17,18,19). The molecule has 0 spiro atoms. The maximum Gasteiger partial charge on any atom is 0.258 e. The Balaban J connectivity index is 1.88. The van der Waals surface area contributed by atoms with Gasteiger partial charge in [-0.2, -0.15) is 0 Å². The predicted octanol–water partition coefficient (Wildman–Crippen LogP) is 4.45. The number of para-hydroxylation sites is 1. The van der Waals surface area contributed by atoms with Crippen molar-refractivity contribution in [3.05, 3.63) is 58.3 Å². The molecule has 0 saturated heterocycles. The first-order chi connectivity index (χ1) is 9.63. The molecule has 1 aromatic heterocycles. The van der Waals surface area contributed by atoms with Crippen molar-refractivity contribution < 1.29 is 9.18 Å². The number of carbonyl (C=O) groups is 1. The first kappa shape index (κ1) is 13.2. The Hall–Kier alpha value is -1.79. The van der Waals surface area contributed by atoms with Gasteiger partial charge >= 0.3 is 0 Å². The zero-order valence-corrected chi connectivity index (χ0v) is 12.5. The van der Waals surface area contributed by atoms with E-state index in [0.29, 0.717) is 15.2 Å². The monoisotopic (exact) mass is 350 g/mol. The van der Waals surface area contributed by atoms with Gasteiger partial charge in [-0.1, -0.05) is 23.5 Å². The van der Waals surface area contributed by atoms with Crippen LogP contribution in [0.2, 0.25) is 0 Å². The number of halogens is 2. The zero-order valence-electron chi connectivity index (χ0n) is 10.1. The van der Waals surface area contributed by atoms with E-state index in [-0.39, 0.29) is 5.91 Å². The second kappa shape index (κ2) is 5.30. The van der Waals surface area contributed by atoms with E-state index in [4.69, 9.17) is 0 Å². The van der Waals surface area contributed by atoms with Gasteiger partial charge in [0.25, 0.3) is 5.91 Å². The third-order valence-corrected chi connectivity index (χ3v) is 4.30. The molecule has 1 heterocycles. The number of benzene rings is 2. The molecule has 3 rings (SSSR count). The topological polar surface area (TPSA) is 42.0 Å². The van der Waals surface area contributed by atoms with Gasteiger partial charge in [0, 0.05) is 4.47 Å². The molecule has 0 aliphatic rings. The van der Waals surface area contributed by atoms with Crippen LogP contribution >= 0.6 is 27.3 Å². The highest BCUT2D eigenvalue weighted by atomic mass is 79.9. The minimum absolute atomic E-state index is 0.323. The van der Waals surface area contributed by atoms with Crippen molar-refractivity contribution in [3.8, 4) is 0 Å². The van der Waals surface area contributed by atoms with Gasteiger partial charge in [0.15, 0.2) is 5.13 Å². The lowest BCUT2D eigenvalue weighted by atomic mass is 10.2. The number of rotatable bonds is 2. The number of hydrogen-bond acceptors (Lipinski definition) is 3. The van der Waals surface area contributed by atoms with Gasteiger partial charge in [0.2, 0.25) is 0 Å². The van der Waals surface area contributed by atoms with Crippen LogP contribution in [0.25, 0.3) is 10.2 Å². The van der Waals surface area contributed by atoms with Crippen LogP contribution in [0.1, 0.15) is 10.4 Å². The van der Waals surface area contributed by atoms with E-state index < -0.39 is 5.82 Å². The number of thiazole rings is 1. The van der Waals surface area contributed by atoms with Crippen molar-refractivity contribution in [1.82, 2.24) is 4.98 Å². The summed E-state index contributed by atoms with van der Waals surface area (Å²) in [5, 5.41) is 3.24. The van der Waals surface area contributed by atoms with E-state index in [2.05, 4.69) is 26.2 Å². The van der Waals surface area contributed by atoms with Gasteiger partial charge in [-0.25, -0.2) is 9.37 Å². The van der Waals surface area contributed by atoms with E-state index in [9.17, 15) is 9.18 Å². The third-order valence-electron chi connectivity index (χ3n) is 2.69. The molecule has 0 saturated carbocycles. The van der Waals surface area contributed by atoms with Gasteiger partial charge in [0.05, 0.1) is 15.8 Å².